The lowest BCUT2D eigenvalue weighted by Gasteiger charge is -2.29. The molecule has 68 valence electrons. The molecule has 1 N–H and O–H groups in total. The molecule has 0 aromatic rings. The van der Waals surface area contributed by atoms with Crippen LogP contribution in [0.25, 0.3) is 0 Å². The molecule has 1 aliphatic heterocycles. The maximum atomic E-state index is 10.8. The molecule has 3 heteroatoms. The molecule has 0 aromatic carbocycles. The van der Waals surface area contributed by atoms with Crippen molar-refractivity contribution in [3.8, 4) is 0 Å². The summed E-state index contributed by atoms with van der Waals surface area (Å²) in [7, 11) is 0. The van der Waals surface area contributed by atoms with Gasteiger partial charge in [0, 0.05) is 12.6 Å². The second-order valence-electron chi connectivity index (χ2n) is 3.88. The summed E-state index contributed by atoms with van der Waals surface area (Å²) >= 11 is 0. The summed E-state index contributed by atoms with van der Waals surface area (Å²) in [4.78, 5) is 12.4. The highest BCUT2D eigenvalue weighted by atomic mass is 16.4. The van der Waals surface area contributed by atoms with Gasteiger partial charge >= 0.3 is 6.09 Å². The van der Waals surface area contributed by atoms with Gasteiger partial charge in [0.15, 0.2) is 0 Å². The molecule has 1 aliphatic carbocycles. The molecule has 2 fully saturated rings. The van der Waals surface area contributed by atoms with E-state index in [1.807, 2.05) is 0 Å². The Morgan fingerprint density at radius 2 is 2.00 bits per heavy atom. The van der Waals surface area contributed by atoms with E-state index in [0.717, 1.165) is 19.4 Å². The first kappa shape index (κ1) is 7.90. The zero-order chi connectivity index (χ0) is 8.55. The molecular formula is C9H15NO2. The maximum absolute atomic E-state index is 10.8. The second kappa shape index (κ2) is 2.96. The Balaban J connectivity index is 2.05. The van der Waals surface area contributed by atoms with Crippen molar-refractivity contribution in [2.75, 3.05) is 6.54 Å². The van der Waals surface area contributed by atoms with Crippen LogP contribution in [0.4, 0.5) is 4.79 Å². The number of hydrogen-bond donors (Lipinski definition) is 1. The van der Waals surface area contributed by atoms with E-state index in [2.05, 4.69) is 0 Å². The lowest BCUT2D eigenvalue weighted by Crippen LogP contribution is -2.38. The van der Waals surface area contributed by atoms with E-state index in [-0.39, 0.29) is 0 Å². The van der Waals surface area contributed by atoms with Crippen molar-refractivity contribution in [2.45, 2.75) is 38.1 Å². The van der Waals surface area contributed by atoms with Gasteiger partial charge in [0.05, 0.1) is 0 Å². The van der Waals surface area contributed by atoms with Crippen LogP contribution in [0.2, 0.25) is 0 Å². The van der Waals surface area contributed by atoms with E-state index in [1.165, 1.54) is 19.3 Å². The van der Waals surface area contributed by atoms with Gasteiger partial charge in [-0.05, 0) is 25.2 Å². The minimum atomic E-state index is -0.718. The highest BCUT2D eigenvalue weighted by molar-refractivity contribution is 5.65. The molecule has 3 nitrogen and oxygen atoms in total. The first-order chi connectivity index (χ1) is 5.79. The fourth-order valence-corrected chi connectivity index (χ4v) is 2.64. The van der Waals surface area contributed by atoms with Crippen LogP contribution in [-0.2, 0) is 0 Å². The predicted molar refractivity (Wildman–Crippen MR) is 45.1 cm³/mol. The molecule has 0 bridgehead atoms. The Hall–Kier alpha value is -0.730. The number of amides is 1. The number of carbonyl (C=O) groups is 1. The molecule has 1 amide bonds. The zero-order valence-electron chi connectivity index (χ0n) is 7.20. The van der Waals surface area contributed by atoms with Gasteiger partial charge in [-0.15, -0.1) is 0 Å². The SMILES string of the molecule is O=C(O)N1CC[C@@H]2CCCC[C@H]21. The highest BCUT2D eigenvalue weighted by Gasteiger charge is 2.37. The molecule has 2 atom stereocenters. The Morgan fingerprint density at radius 1 is 1.25 bits per heavy atom. The van der Waals surface area contributed by atoms with E-state index < -0.39 is 6.09 Å². The smallest absolute Gasteiger partial charge is 0.407 e. The maximum Gasteiger partial charge on any atom is 0.407 e. The average molecular weight is 169 g/mol. The van der Waals surface area contributed by atoms with Gasteiger partial charge in [-0.1, -0.05) is 12.8 Å². The molecule has 12 heavy (non-hydrogen) atoms. The molecule has 0 radical (unpaired) electrons. The van der Waals surface area contributed by atoms with Gasteiger partial charge < -0.3 is 10.0 Å². The van der Waals surface area contributed by atoms with Gasteiger partial charge in [0.2, 0.25) is 0 Å². The quantitative estimate of drug-likeness (QED) is 0.602. The zero-order valence-corrected chi connectivity index (χ0v) is 7.20. The molecule has 2 rings (SSSR count). The minimum Gasteiger partial charge on any atom is -0.465 e. The lowest BCUT2D eigenvalue weighted by molar-refractivity contribution is 0.124. The molecular weight excluding hydrogens is 154 g/mol. The fourth-order valence-electron chi connectivity index (χ4n) is 2.64. The third-order valence-electron chi connectivity index (χ3n) is 3.26. The summed E-state index contributed by atoms with van der Waals surface area (Å²) in [5.41, 5.74) is 0. The van der Waals surface area contributed by atoms with Crippen LogP contribution in [-0.4, -0.2) is 28.7 Å². The van der Waals surface area contributed by atoms with Crippen molar-refractivity contribution in [1.82, 2.24) is 4.90 Å². The van der Waals surface area contributed by atoms with Crippen molar-refractivity contribution >= 4 is 6.09 Å². The van der Waals surface area contributed by atoms with Crippen molar-refractivity contribution in [1.29, 1.82) is 0 Å². The summed E-state index contributed by atoms with van der Waals surface area (Å²) in [5.74, 6) is 0.676. The Morgan fingerprint density at radius 3 is 2.75 bits per heavy atom. The van der Waals surface area contributed by atoms with Crippen molar-refractivity contribution in [3.63, 3.8) is 0 Å². The van der Waals surface area contributed by atoms with E-state index in [0.29, 0.717) is 12.0 Å². The molecule has 0 aromatic heterocycles. The van der Waals surface area contributed by atoms with E-state index >= 15 is 0 Å². The second-order valence-corrected chi connectivity index (χ2v) is 3.88. The number of fused-ring (bicyclic) bond motifs is 1. The lowest BCUT2D eigenvalue weighted by atomic mass is 9.85. The summed E-state index contributed by atoms with van der Waals surface area (Å²) < 4.78 is 0. The summed E-state index contributed by atoms with van der Waals surface area (Å²) in [6, 6.07) is 0.358. The number of nitrogens with zero attached hydrogens (tertiary/aromatic N) is 1. The first-order valence-electron chi connectivity index (χ1n) is 4.78. The normalized spacial score (nSPS) is 34.8. The molecule has 1 saturated carbocycles. The van der Waals surface area contributed by atoms with Crippen LogP contribution >= 0.6 is 0 Å². The molecule has 1 saturated heterocycles. The van der Waals surface area contributed by atoms with E-state index in [9.17, 15) is 4.79 Å². The van der Waals surface area contributed by atoms with Gasteiger partial charge in [0.1, 0.15) is 0 Å². The standard InChI is InChI=1S/C9H15NO2/c11-9(12)10-6-5-7-3-1-2-4-8(7)10/h7-8H,1-6H2,(H,11,12)/t7-,8+/m0/s1. The molecule has 0 unspecified atom stereocenters. The third kappa shape index (κ3) is 1.17. The summed E-state index contributed by atoms with van der Waals surface area (Å²) in [5, 5.41) is 8.88. The molecule has 2 aliphatic rings. The summed E-state index contributed by atoms with van der Waals surface area (Å²) in [6.45, 7) is 0.769. The Labute approximate surface area is 72.4 Å². The molecule has 0 spiro atoms. The number of carboxylic acid groups (broad SMARTS) is 1. The predicted octanol–water partition coefficient (Wildman–Crippen LogP) is 1.93. The largest absolute Gasteiger partial charge is 0.465 e. The van der Waals surface area contributed by atoms with Gasteiger partial charge in [-0.25, -0.2) is 4.79 Å². The van der Waals surface area contributed by atoms with Crippen LogP contribution in [0.1, 0.15) is 32.1 Å². The summed E-state index contributed by atoms with van der Waals surface area (Å²) in [6.07, 6.45) is 5.23. The number of rotatable bonds is 0. The van der Waals surface area contributed by atoms with Crippen molar-refractivity contribution < 1.29 is 9.90 Å². The highest BCUT2D eigenvalue weighted by Crippen LogP contribution is 2.35. The van der Waals surface area contributed by atoms with Gasteiger partial charge in [-0.3, -0.25) is 0 Å². The van der Waals surface area contributed by atoms with Gasteiger partial charge in [0.25, 0.3) is 0 Å². The minimum absolute atomic E-state index is 0.358. The van der Waals surface area contributed by atoms with Crippen LogP contribution < -0.4 is 0 Å². The third-order valence-corrected chi connectivity index (χ3v) is 3.26. The first-order valence-corrected chi connectivity index (χ1v) is 4.78. The van der Waals surface area contributed by atoms with Crippen LogP contribution in [0.15, 0.2) is 0 Å². The van der Waals surface area contributed by atoms with Crippen LogP contribution in [0.5, 0.6) is 0 Å². The van der Waals surface area contributed by atoms with Crippen LogP contribution in [0.3, 0.4) is 0 Å². The average Bonchev–Trinajstić information content (AvgIpc) is 2.47. The van der Waals surface area contributed by atoms with Crippen molar-refractivity contribution in [2.24, 2.45) is 5.92 Å². The van der Waals surface area contributed by atoms with Crippen molar-refractivity contribution in [3.05, 3.63) is 0 Å². The van der Waals surface area contributed by atoms with E-state index in [4.69, 9.17) is 5.11 Å². The fraction of sp³-hybridized carbons (Fsp3) is 0.889. The Kier molecular flexibility index (Phi) is 1.95. The number of hydrogen-bond acceptors (Lipinski definition) is 1. The number of likely N-dealkylation sites (tertiary alicyclic amines) is 1. The van der Waals surface area contributed by atoms with Gasteiger partial charge in [-0.2, -0.15) is 0 Å². The van der Waals surface area contributed by atoms with Crippen LogP contribution in [0, 0.1) is 5.92 Å². The Bertz CT molecular complexity index is 193. The monoisotopic (exact) mass is 169 g/mol. The molecule has 1 heterocycles. The topological polar surface area (TPSA) is 40.5 Å². The van der Waals surface area contributed by atoms with E-state index in [1.54, 1.807) is 4.90 Å².